The predicted octanol–water partition coefficient (Wildman–Crippen LogP) is 2.21. The number of benzene rings is 1. The van der Waals surface area contributed by atoms with Gasteiger partial charge in [-0.1, -0.05) is 38.0 Å². The summed E-state index contributed by atoms with van der Waals surface area (Å²) in [4.78, 5) is 11.7. The lowest BCUT2D eigenvalue weighted by atomic mass is 10.0. The molecule has 1 amide bonds. The van der Waals surface area contributed by atoms with E-state index >= 15 is 0 Å². The summed E-state index contributed by atoms with van der Waals surface area (Å²) < 4.78 is 5.48. The van der Waals surface area contributed by atoms with E-state index in [1.54, 1.807) is 0 Å². The van der Waals surface area contributed by atoms with Gasteiger partial charge in [-0.3, -0.25) is 4.79 Å². The molecule has 0 aliphatic heterocycles. The summed E-state index contributed by atoms with van der Waals surface area (Å²) in [7, 11) is 0. The minimum atomic E-state index is -0.509. The van der Waals surface area contributed by atoms with Crippen LogP contribution in [0, 0.1) is 19.8 Å². The molecule has 1 aromatic rings. The number of hydrogen-bond donors (Lipinski definition) is 2. The molecule has 1 aromatic carbocycles. The van der Waals surface area contributed by atoms with Crippen LogP contribution in [-0.4, -0.2) is 30.3 Å². The average molecular weight is 279 g/mol. The Labute approximate surface area is 121 Å². The van der Waals surface area contributed by atoms with Gasteiger partial charge in [-0.25, -0.2) is 0 Å². The van der Waals surface area contributed by atoms with E-state index in [4.69, 9.17) is 4.74 Å². The first kappa shape index (κ1) is 16.5. The smallest absolute Gasteiger partial charge is 0.258 e. The average Bonchev–Trinajstić information content (AvgIpc) is 2.42. The van der Waals surface area contributed by atoms with Crippen LogP contribution in [0.15, 0.2) is 18.2 Å². The summed E-state index contributed by atoms with van der Waals surface area (Å²) in [6.07, 6.45) is 0.376. The molecule has 2 unspecified atom stereocenters. The minimum Gasteiger partial charge on any atom is -0.484 e. The fraction of sp³-hybridized carbons (Fsp3) is 0.562. The van der Waals surface area contributed by atoms with Crippen LogP contribution in [0.3, 0.4) is 0 Å². The molecule has 1 rings (SSSR count). The zero-order chi connectivity index (χ0) is 15.1. The highest BCUT2D eigenvalue weighted by Crippen LogP contribution is 2.18. The molecule has 2 atom stereocenters. The highest BCUT2D eigenvalue weighted by Gasteiger charge is 2.13. The van der Waals surface area contributed by atoms with Gasteiger partial charge in [0.1, 0.15) is 5.75 Å². The van der Waals surface area contributed by atoms with Crippen LogP contribution in [0.4, 0.5) is 0 Å². The fourth-order valence-electron chi connectivity index (χ4n) is 1.85. The first-order valence-electron chi connectivity index (χ1n) is 7.08. The van der Waals surface area contributed by atoms with Gasteiger partial charge in [0.05, 0.1) is 6.10 Å². The van der Waals surface area contributed by atoms with Crippen molar-refractivity contribution in [2.24, 2.45) is 5.92 Å². The van der Waals surface area contributed by atoms with Gasteiger partial charge in [0.2, 0.25) is 0 Å². The van der Waals surface area contributed by atoms with Crippen molar-refractivity contribution in [1.29, 1.82) is 0 Å². The van der Waals surface area contributed by atoms with Gasteiger partial charge >= 0.3 is 0 Å². The van der Waals surface area contributed by atoms with Crippen molar-refractivity contribution in [3.8, 4) is 5.75 Å². The molecule has 0 spiro atoms. The van der Waals surface area contributed by atoms with Crippen molar-refractivity contribution in [3.63, 3.8) is 0 Å². The number of carbonyl (C=O) groups excluding carboxylic acids is 1. The van der Waals surface area contributed by atoms with E-state index in [2.05, 4.69) is 5.32 Å². The molecule has 0 aliphatic carbocycles. The lowest BCUT2D eigenvalue weighted by molar-refractivity contribution is -0.123. The molecule has 4 nitrogen and oxygen atoms in total. The van der Waals surface area contributed by atoms with Crippen LogP contribution >= 0.6 is 0 Å². The Hall–Kier alpha value is -1.55. The summed E-state index contributed by atoms with van der Waals surface area (Å²) in [5.74, 6) is 0.677. The lowest BCUT2D eigenvalue weighted by Gasteiger charge is -2.17. The third kappa shape index (κ3) is 5.21. The molecular weight excluding hydrogens is 254 g/mol. The van der Waals surface area contributed by atoms with E-state index in [1.165, 1.54) is 0 Å². The topological polar surface area (TPSA) is 58.6 Å². The Bertz CT molecular complexity index is 445. The second-order valence-electron chi connectivity index (χ2n) is 5.31. The molecule has 0 fully saturated rings. The number of aryl methyl sites for hydroxylation is 2. The zero-order valence-electron chi connectivity index (χ0n) is 12.8. The first-order valence-corrected chi connectivity index (χ1v) is 7.08. The molecule has 0 saturated heterocycles. The number of ether oxygens (including phenoxy) is 1. The third-order valence-corrected chi connectivity index (χ3v) is 3.50. The van der Waals surface area contributed by atoms with E-state index in [0.717, 1.165) is 17.5 Å². The highest BCUT2D eigenvalue weighted by molar-refractivity contribution is 5.77. The summed E-state index contributed by atoms with van der Waals surface area (Å²) >= 11 is 0. The van der Waals surface area contributed by atoms with Crippen molar-refractivity contribution in [2.45, 2.75) is 40.2 Å². The van der Waals surface area contributed by atoms with Crippen LogP contribution in [-0.2, 0) is 4.79 Å². The second-order valence-corrected chi connectivity index (χ2v) is 5.31. The number of carbonyl (C=O) groups is 1. The van der Waals surface area contributed by atoms with E-state index in [9.17, 15) is 9.90 Å². The first-order chi connectivity index (χ1) is 9.43. The maximum absolute atomic E-state index is 11.7. The zero-order valence-corrected chi connectivity index (χ0v) is 12.8. The molecule has 112 valence electrons. The summed E-state index contributed by atoms with van der Waals surface area (Å²) in [5, 5.41) is 12.5. The molecule has 0 heterocycles. The Morgan fingerprint density at radius 2 is 2.10 bits per heavy atom. The van der Waals surface area contributed by atoms with E-state index in [-0.39, 0.29) is 25.0 Å². The monoisotopic (exact) mass is 279 g/mol. The number of rotatable bonds is 7. The molecule has 2 N–H and O–H groups in total. The van der Waals surface area contributed by atoms with Crippen molar-refractivity contribution < 1.29 is 14.6 Å². The van der Waals surface area contributed by atoms with Crippen LogP contribution < -0.4 is 10.1 Å². The van der Waals surface area contributed by atoms with E-state index in [1.807, 2.05) is 45.9 Å². The summed E-state index contributed by atoms with van der Waals surface area (Å²) in [6.45, 7) is 8.18. The van der Waals surface area contributed by atoms with Gasteiger partial charge in [0, 0.05) is 6.54 Å². The van der Waals surface area contributed by atoms with Gasteiger partial charge in [0.15, 0.2) is 6.61 Å². The Balaban J connectivity index is 2.36. The molecular formula is C16H25NO3. The Morgan fingerprint density at radius 1 is 1.40 bits per heavy atom. The number of hydrogen-bond acceptors (Lipinski definition) is 3. The number of aliphatic hydroxyl groups excluding tert-OH is 1. The van der Waals surface area contributed by atoms with Crippen molar-refractivity contribution in [1.82, 2.24) is 5.32 Å². The normalized spacial score (nSPS) is 13.7. The molecule has 20 heavy (non-hydrogen) atoms. The van der Waals surface area contributed by atoms with Gasteiger partial charge in [-0.05, 0) is 31.4 Å². The van der Waals surface area contributed by atoms with Crippen LogP contribution in [0.25, 0.3) is 0 Å². The molecule has 4 heteroatoms. The second kappa shape index (κ2) is 7.90. The van der Waals surface area contributed by atoms with Gasteiger partial charge in [0.25, 0.3) is 5.91 Å². The SMILES string of the molecule is CCC(C)C(O)CNC(=O)COc1ccc(C)cc1C. The molecule has 0 saturated carbocycles. The van der Waals surface area contributed by atoms with Crippen LogP contribution in [0.1, 0.15) is 31.4 Å². The third-order valence-electron chi connectivity index (χ3n) is 3.50. The molecule has 0 aromatic heterocycles. The van der Waals surface area contributed by atoms with Gasteiger partial charge in [-0.15, -0.1) is 0 Å². The maximum Gasteiger partial charge on any atom is 0.258 e. The van der Waals surface area contributed by atoms with E-state index in [0.29, 0.717) is 5.75 Å². The van der Waals surface area contributed by atoms with E-state index < -0.39 is 6.10 Å². The number of aliphatic hydroxyl groups is 1. The van der Waals surface area contributed by atoms with Crippen molar-refractivity contribution >= 4 is 5.91 Å². The fourth-order valence-corrected chi connectivity index (χ4v) is 1.85. The number of amides is 1. The maximum atomic E-state index is 11.7. The quantitative estimate of drug-likeness (QED) is 0.804. The predicted molar refractivity (Wildman–Crippen MR) is 79.9 cm³/mol. The summed E-state index contributed by atoms with van der Waals surface area (Å²) in [5.41, 5.74) is 2.17. The Morgan fingerprint density at radius 3 is 2.70 bits per heavy atom. The molecule has 0 bridgehead atoms. The number of nitrogens with one attached hydrogen (secondary N) is 1. The van der Waals surface area contributed by atoms with Crippen molar-refractivity contribution in [3.05, 3.63) is 29.3 Å². The Kier molecular flexibility index (Phi) is 6.52. The van der Waals surface area contributed by atoms with Crippen LogP contribution in [0.5, 0.6) is 5.75 Å². The van der Waals surface area contributed by atoms with Gasteiger partial charge in [-0.2, -0.15) is 0 Å². The highest BCUT2D eigenvalue weighted by atomic mass is 16.5. The summed E-state index contributed by atoms with van der Waals surface area (Å²) in [6, 6.07) is 5.83. The molecule has 0 radical (unpaired) electrons. The van der Waals surface area contributed by atoms with Crippen LogP contribution in [0.2, 0.25) is 0 Å². The lowest BCUT2D eigenvalue weighted by Crippen LogP contribution is -2.37. The minimum absolute atomic E-state index is 0.0306. The van der Waals surface area contributed by atoms with Gasteiger partial charge < -0.3 is 15.2 Å². The van der Waals surface area contributed by atoms with Crippen molar-refractivity contribution in [2.75, 3.05) is 13.2 Å². The standard InChI is InChI=1S/C16H25NO3/c1-5-12(3)14(18)9-17-16(19)10-20-15-7-6-11(2)8-13(15)4/h6-8,12,14,18H,5,9-10H2,1-4H3,(H,17,19). The largest absolute Gasteiger partial charge is 0.484 e. The molecule has 0 aliphatic rings.